The normalized spacial score (nSPS) is 11.5. The number of thiophene rings is 1. The van der Waals surface area contributed by atoms with Gasteiger partial charge in [-0.05, 0) is 57.3 Å². The summed E-state index contributed by atoms with van der Waals surface area (Å²) >= 11 is 6.98. The largest absolute Gasteiger partial charge is 0.491 e. The van der Waals surface area contributed by atoms with E-state index in [1.165, 1.54) is 4.88 Å². The number of hydrogen-bond donors (Lipinski definition) is 1. The molecule has 3 rings (SSSR count). The van der Waals surface area contributed by atoms with Crippen LogP contribution in [0.25, 0.3) is 11.4 Å². The Balaban J connectivity index is 1.95. The van der Waals surface area contributed by atoms with Crippen molar-refractivity contribution < 1.29 is 4.74 Å². The monoisotopic (exact) mass is 358 g/mol. The van der Waals surface area contributed by atoms with Crippen LogP contribution < -0.4 is 4.74 Å². The molecule has 0 fully saturated rings. The zero-order valence-corrected chi connectivity index (χ0v) is 15.3. The Hall–Kier alpha value is -2.25. The summed E-state index contributed by atoms with van der Waals surface area (Å²) in [7, 11) is 0. The number of H-pyrrole nitrogens is 1. The molecule has 2 aromatic heterocycles. The number of nitrogens with zero attached hydrogens (tertiary/aromatic N) is 3. The lowest BCUT2D eigenvalue weighted by Gasteiger charge is -2.10. The maximum Gasteiger partial charge on any atom is 0.216 e. The van der Waals surface area contributed by atoms with Gasteiger partial charge in [-0.3, -0.25) is 0 Å². The van der Waals surface area contributed by atoms with Crippen molar-refractivity contribution in [3.05, 3.63) is 50.9 Å². The van der Waals surface area contributed by atoms with Crippen molar-refractivity contribution in [1.29, 1.82) is 0 Å². The molecule has 0 saturated heterocycles. The number of benzene rings is 1. The molecule has 7 heteroatoms. The maximum atomic E-state index is 5.75. The highest BCUT2D eigenvalue weighted by Gasteiger charge is 2.10. The van der Waals surface area contributed by atoms with Gasteiger partial charge >= 0.3 is 0 Å². The highest BCUT2D eigenvalue weighted by atomic mass is 32.1. The zero-order chi connectivity index (χ0) is 17.1. The van der Waals surface area contributed by atoms with E-state index >= 15 is 0 Å². The molecule has 0 aliphatic carbocycles. The lowest BCUT2D eigenvalue weighted by Crippen LogP contribution is -2.05. The van der Waals surface area contributed by atoms with E-state index in [2.05, 4.69) is 28.3 Å². The first kappa shape index (κ1) is 16.6. The number of hydrogen-bond acceptors (Lipinski definition) is 5. The van der Waals surface area contributed by atoms with Crippen LogP contribution in [-0.2, 0) is 0 Å². The Morgan fingerprint density at radius 1 is 1.33 bits per heavy atom. The summed E-state index contributed by atoms with van der Waals surface area (Å²) in [6, 6.07) is 11.8. The molecule has 0 amide bonds. The molecule has 0 atom stereocenters. The standard InChI is InChI=1S/C17H18N4OS2/c1-11(2)22-14-6-4-5-13(9-14)16-19-20-17(23)21(16)18-10-15-8-7-12(3)24-15/h4-11H,1-3H3,(H,20,23)/b18-10-. The van der Waals surface area contributed by atoms with Crippen LogP contribution in [0.2, 0.25) is 0 Å². The minimum absolute atomic E-state index is 0.112. The van der Waals surface area contributed by atoms with Crippen molar-refractivity contribution in [3.63, 3.8) is 0 Å². The van der Waals surface area contributed by atoms with Gasteiger partial charge in [-0.15, -0.1) is 11.3 Å². The van der Waals surface area contributed by atoms with Gasteiger partial charge in [-0.25, -0.2) is 5.10 Å². The van der Waals surface area contributed by atoms with Gasteiger partial charge in [0, 0.05) is 15.3 Å². The van der Waals surface area contributed by atoms with Crippen LogP contribution in [0.5, 0.6) is 5.75 Å². The quantitative estimate of drug-likeness (QED) is 0.534. The van der Waals surface area contributed by atoms with Crippen LogP contribution in [0, 0.1) is 11.7 Å². The molecule has 5 nitrogen and oxygen atoms in total. The van der Waals surface area contributed by atoms with Gasteiger partial charge in [0.1, 0.15) is 5.75 Å². The summed E-state index contributed by atoms with van der Waals surface area (Å²) in [4.78, 5) is 2.31. The van der Waals surface area contributed by atoms with Gasteiger partial charge in [0.05, 0.1) is 12.3 Å². The van der Waals surface area contributed by atoms with Crippen molar-refractivity contribution in [1.82, 2.24) is 14.9 Å². The summed E-state index contributed by atoms with van der Waals surface area (Å²) < 4.78 is 7.82. The molecule has 0 spiro atoms. The fourth-order valence-electron chi connectivity index (χ4n) is 2.20. The maximum absolute atomic E-state index is 5.75. The number of aromatic nitrogens is 3. The van der Waals surface area contributed by atoms with Crippen LogP contribution >= 0.6 is 23.6 Å². The molecule has 0 bridgehead atoms. The van der Waals surface area contributed by atoms with E-state index in [1.54, 1.807) is 22.2 Å². The highest BCUT2D eigenvalue weighted by Crippen LogP contribution is 2.23. The van der Waals surface area contributed by atoms with Gasteiger partial charge in [0.15, 0.2) is 5.82 Å². The third-order valence-corrected chi connectivity index (χ3v) is 4.38. The van der Waals surface area contributed by atoms with E-state index < -0.39 is 0 Å². The van der Waals surface area contributed by atoms with Crippen molar-refractivity contribution in [2.24, 2.45) is 5.10 Å². The molecule has 1 N–H and O–H groups in total. The van der Waals surface area contributed by atoms with E-state index in [0.29, 0.717) is 10.6 Å². The summed E-state index contributed by atoms with van der Waals surface area (Å²) in [5, 5.41) is 11.6. The van der Waals surface area contributed by atoms with E-state index in [9.17, 15) is 0 Å². The van der Waals surface area contributed by atoms with Crippen LogP contribution in [0.15, 0.2) is 41.5 Å². The average molecular weight is 358 g/mol. The van der Waals surface area contributed by atoms with Crippen LogP contribution in [0.1, 0.15) is 23.6 Å². The van der Waals surface area contributed by atoms with Crippen molar-refractivity contribution in [2.75, 3.05) is 0 Å². The second kappa shape index (κ2) is 7.11. The number of aromatic amines is 1. The molecule has 1 aromatic carbocycles. The molecule has 0 unspecified atom stereocenters. The van der Waals surface area contributed by atoms with Gasteiger partial charge in [0.2, 0.25) is 4.77 Å². The molecule has 0 aliphatic heterocycles. The van der Waals surface area contributed by atoms with E-state index in [1.807, 2.05) is 44.2 Å². The lowest BCUT2D eigenvalue weighted by atomic mass is 10.2. The molecule has 3 aromatic rings. The van der Waals surface area contributed by atoms with Crippen LogP contribution in [0.4, 0.5) is 0 Å². The molecular weight excluding hydrogens is 340 g/mol. The van der Waals surface area contributed by atoms with Gasteiger partial charge < -0.3 is 4.74 Å². The fourth-order valence-corrected chi connectivity index (χ4v) is 3.13. The Bertz CT molecular complexity index is 921. The number of nitrogens with one attached hydrogen (secondary N) is 1. The predicted molar refractivity (Wildman–Crippen MR) is 101 cm³/mol. The molecule has 2 heterocycles. The summed E-state index contributed by atoms with van der Waals surface area (Å²) in [5.41, 5.74) is 0.889. The van der Waals surface area contributed by atoms with E-state index in [-0.39, 0.29) is 6.10 Å². The second-order valence-electron chi connectivity index (χ2n) is 5.55. The van der Waals surface area contributed by atoms with Crippen molar-refractivity contribution in [2.45, 2.75) is 26.9 Å². The third kappa shape index (κ3) is 3.80. The molecule has 124 valence electrons. The Morgan fingerprint density at radius 3 is 2.88 bits per heavy atom. The fraction of sp³-hybridized carbons (Fsp3) is 0.235. The van der Waals surface area contributed by atoms with E-state index in [4.69, 9.17) is 17.0 Å². The molecule has 0 aliphatic rings. The smallest absolute Gasteiger partial charge is 0.216 e. The number of rotatable bonds is 5. The molecule has 0 saturated carbocycles. The first-order chi connectivity index (χ1) is 11.5. The molecule has 0 radical (unpaired) electrons. The van der Waals surface area contributed by atoms with Crippen molar-refractivity contribution >= 4 is 29.8 Å². The van der Waals surface area contributed by atoms with Gasteiger partial charge in [-0.2, -0.15) is 14.9 Å². The first-order valence-electron chi connectivity index (χ1n) is 7.58. The van der Waals surface area contributed by atoms with Gasteiger partial charge in [-0.1, -0.05) is 12.1 Å². The number of ether oxygens (including phenoxy) is 1. The lowest BCUT2D eigenvalue weighted by molar-refractivity contribution is 0.242. The Labute approximate surface area is 149 Å². The minimum atomic E-state index is 0.112. The van der Waals surface area contributed by atoms with Crippen molar-refractivity contribution in [3.8, 4) is 17.1 Å². The predicted octanol–water partition coefficient (Wildman–Crippen LogP) is 4.65. The van der Waals surface area contributed by atoms with Crippen LogP contribution in [-0.4, -0.2) is 27.2 Å². The highest BCUT2D eigenvalue weighted by molar-refractivity contribution is 7.71. The average Bonchev–Trinajstić information content (AvgIpc) is 3.11. The first-order valence-corrected chi connectivity index (χ1v) is 8.80. The summed E-state index contributed by atoms with van der Waals surface area (Å²) in [5.74, 6) is 1.44. The second-order valence-corrected chi connectivity index (χ2v) is 7.26. The Morgan fingerprint density at radius 2 is 2.17 bits per heavy atom. The van der Waals surface area contributed by atoms with Gasteiger partial charge in [0.25, 0.3) is 0 Å². The summed E-state index contributed by atoms with van der Waals surface area (Å²) in [6.07, 6.45) is 1.90. The SMILES string of the molecule is Cc1ccc(/C=N\n2c(-c3cccc(OC(C)C)c3)n[nH]c2=S)s1. The third-order valence-electron chi connectivity index (χ3n) is 3.18. The topological polar surface area (TPSA) is 55.2 Å². The number of aryl methyl sites for hydroxylation is 1. The Kier molecular flexibility index (Phi) is 4.92. The van der Waals surface area contributed by atoms with E-state index in [0.717, 1.165) is 16.2 Å². The molecular formula is C17H18N4OS2. The zero-order valence-electron chi connectivity index (χ0n) is 13.7. The molecule has 24 heavy (non-hydrogen) atoms. The summed E-state index contributed by atoms with van der Waals surface area (Å²) in [6.45, 7) is 6.06. The minimum Gasteiger partial charge on any atom is -0.491 e. The van der Waals surface area contributed by atoms with Crippen LogP contribution in [0.3, 0.4) is 0 Å².